The van der Waals surface area contributed by atoms with E-state index < -0.39 is 11.9 Å². The number of hydrogen-bond acceptors (Lipinski definition) is 8. The molecule has 0 heterocycles. The molecular formula is C25H52O10. The SMILES string of the molecule is CCCOCCCCOCCCCO.O=C(O)CCCCC(=O)O.OCCCCOCCCCO. The molecular weight excluding hydrogens is 460 g/mol. The van der Waals surface area contributed by atoms with Crippen molar-refractivity contribution in [2.24, 2.45) is 0 Å². The van der Waals surface area contributed by atoms with E-state index in [2.05, 4.69) is 6.92 Å². The van der Waals surface area contributed by atoms with Crippen LogP contribution in [0.15, 0.2) is 0 Å². The number of unbranched alkanes of at least 4 members (excludes halogenated alkanes) is 5. The van der Waals surface area contributed by atoms with Gasteiger partial charge < -0.3 is 39.7 Å². The number of carboxylic acid groups (broad SMARTS) is 2. The van der Waals surface area contributed by atoms with Crippen molar-refractivity contribution in [1.82, 2.24) is 0 Å². The molecule has 35 heavy (non-hydrogen) atoms. The minimum Gasteiger partial charge on any atom is -0.481 e. The first-order valence-electron chi connectivity index (χ1n) is 13.0. The molecule has 0 rings (SSSR count). The lowest BCUT2D eigenvalue weighted by molar-refractivity contribution is -0.139. The maximum Gasteiger partial charge on any atom is 0.303 e. The molecule has 0 spiro atoms. The van der Waals surface area contributed by atoms with Crippen molar-refractivity contribution in [2.45, 2.75) is 90.4 Å². The van der Waals surface area contributed by atoms with Crippen LogP contribution in [0.4, 0.5) is 0 Å². The topological polar surface area (TPSA) is 163 Å². The maximum absolute atomic E-state index is 9.90. The zero-order valence-electron chi connectivity index (χ0n) is 21.8. The molecule has 0 aromatic heterocycles. The molecule has 0 radical (unpaired) electrons. The van der Waals surface area contributed by atoms with E-state index in [9.17, 15) is 9.59 Å². The number of hydrogen-bond donors (Lipinski definition) is 5. The first-order chi connectivity index (χ1) is 17.0. The lowest BCUT2D eigenvalue weighted by Gasteiger charge is -2.04. The number of carbonyl (C=O) groups is 2. The molecule has 0 aliphatic heterocycles. The molecule has 0 atom stereocenters. The Morgan fingerprint density at radius 3 is 1.03 bits per heavy atom. The molecule has 0 aromatic carbocycles. The highest BCUT2D eigenvalue weighted by atomic mass is 16.5. The van der Waals surface area contributed by atoms with Crippen LogP contribution in [0.3, 0.4) is 0 Å². The molecule has 0 saturated heterocycles. The lowest BCUT2D eigenvalue weighted by atomic mass is 10.2. The van der Waals surface area contributed by atoms with E-state index in [4.69, 9.17) is 39.7 Å². The average molecular weight is 513 g/mol. The van der Waals surface area contributed by atoms with E-state index in [0.29, 0.717) is 12.8 Å². The summed E-state index contributed by atoms with van der Waals surface area (Å²) in [6, 6.07) is 0. The van der Waals surface area contributed by atoms with Gasteiger partial charge in [-0.05, 0) is 70.6 Å². The molecule has 0 unspecified atom stereocenters. The summed E-state index contributed by atoms with van der Waals surface area (Å²) >= 11 is 0. The Labute approximate surface area is 211 Å². The Balaban J connectivity index is -0.000000447. The van der Waals surface area contributed by atoms with Crippen LogP contribution in [-0.4, -0.2) is 96.9 Å². The van der Waals surface area contributed by atoms with Gasteiger partial charge in [-0.25, -0.2) is 0 Å². The van der Waals surface area contributed by atoms with E-state index in [1.807, 2.05) is 0 Å². The van der Waals surface area contributed by atoms with Gasteiger partial charge in [0.15, 0.2) is 0 Å². The van der Waals surface area contributed by atoms with Crippen LogP contribution in [0, 0.1) is 0 Å². The summed E-state index contributed by atoms with van der Waals surface area (Å²) < 4.78 is 15.9. The molecule has 5 N–H and O–H groups in total. The van der Waals surface area contributed by atoms with Crippen LogP contribution in [0.2, 0.25) is 0 Å². The molecule has 0 aliphatic carbocycles. The Morgan fingerprint density at radius 2 is 0.771 bits per heavy atom. The quantitative estimate of drug-likeness (QED) is 0.121. The van der Waals surface area contributed by atoms with E-state index in [0.717, 1.165) is 97.4 Å². The van der Waals surface area contributed by atoms with E-state index in [1.54, 1.807) is 0 Å². The fraction of sp³-hybridized carbons (Fsp3) is 0.920. The van der Waals surface area contributed by atoms with Crippen molar-refractivity contribution in [1.29, 1.82) is 0 Å². The molecule has 212 valence electrons. The smallest absolute Gasteiger partial charge is 0.303 e. The standard InChI is InChI=1S/C11H24O3.C8H18O3.C6H10O4/c1-2-8-13-10-5-6-11-14-9-4-3-7-12;9-5-1-3-7-11-8-4-2-6-10;7-5(8)3-1-2-4-6(9)10/h12H,2-11H2,1H3;9-10H,1-8H2;1-4H2,(H,7,8)(H,9,10). The summed E-state index contributed by atoms with van der Waals surface area (Å²) in [6.07, 6.45) is 9.57. The summed E-state index contributed by atoms with van der Waals surface area (Å²) in [5, 5.41) is 41.6. The number of rotatable bonds is 24. The van der Waals surface area contributed by atoms with Gasteiger partial charge in [-0.1, -0.05) is 6.92 Å². The second kappa shape index (κ2) is 37.3. The van der Waals surface area contributed by atoms with Gasteiger partial charge in [0.2, 0.25) is 0 Å². The van der Waals surface area contributed by atoms with Crippen molar-refractivity contribution in [3.05, 3.63) is 0 Å². The largest absolute Gasteiger partial charge is 0.481 e. The first-order valence-corrected chi connectivity index (χ1v) is 13.0. The highest BCUT2D eigenvalue weighted by molar-refractivity contribution is 5.67. The summed E-state index contributed by atoms with van der Waals surface area (Å²) in [7, 11) is 0. The van der Waals surface area contributed by atoms with Gasteiger partial charge in [0.25, 0.3) is 0 Å². The van der Waals surface area contributed by atoms with Gasteiger partial charge in [0.1, 0.15) is 0 Å². The molecule has 0 saturated carbocycles. The van der Waals surface area contributed by atoms with E-state index in [1.165, 1.54) is 0 Å². The zero-order valence-corrected chi connectivity index (χ0v) is 21.8. The summed E-state index contributed by atoms with van der Waals surface area (Å²) in [4.78, 5) is 19.8. The number of carboxylic acids is 2. The van der Waals surface area contributed by atoms with Gasteiger partial charge in [-0.3, -0.25) is 9.59 Å². The third-order valence-electron chi connectivity index (χ3n) is 4.30. The van der Waals surface area contributed by atoms with Crippen LogP contribution < -0.4 is 0 Å². The fourth-order valence-electron chi connectivity index (χ4n) is 2.36. The van der Waals surface area contributed by atoms with E-state index >= 15 is 0 Å². The second-order valence-electron chi connectivity index (χ2n) is 7.83. The van der Waals surface area contributed by atoms with Crippen LogP contribution >= 0.6 is 0 Å². The van der Waals surface area contributed by atoms with Crippen molar-refractivity contribution in [2.75, 3.05) is 59.5 Å². The van der Waals surface area contributed by atoms with Crippen molar-refractivity contribution < 1.29 is 49.3 Å². The Morgan fingerprint density at radius 1 is 0.486 bits per heavy atom. The predicted octanol–water partition coefficient (Wildman–Crippen LogP) is 3.25. The number of aliphatic hydroxyl groups is 3. The third kappa shape index (κ3) is 50.5. The Kier molecular flexibility index (Phi) is 40.7. The highest BCUT2D eigenvalue weighted by Crippen LogP contribution is 1.99. The summed E-state index contributed by atoms with van der Waals surface area (Å²) in [6.45, 7) is 7.67. The molecule has 0 amide bonds. The molecule has 0 aromatic rings. The molecule has 10 heteroatoms. The molecule has 0 aliphatic rings. The Hall–Kier alpha value is -1.30. The van der Waals surface area contributed by atoms with Crippen molar-refractivity contribution in [3.63, 3.8) is 0 Å². The minimum atomic E-state index is -0.870. The van der Waals surface area contributed by atoms with Gasteiger partial charge in [-0.15, -0.1) is 0 Å². The van der Waals surface area contributed by atoms with Gasteiger partial charge in [0.05, 0.1) is 0 Å². The molecule has 0 bridgehead atoms. The monoisotopic (exact) mass is 512 g/mol. The maximum atomic E-state index is 9.90. The molecule has 0 fully saturated rings. The predicted molar refractivity (Wildman–Crippen MR) is 135 cm³/mol. The minimum absolute atomic E-state index is 0.0628. The number of aliphatic carboxylic acids is 2. The average Bonchev–Trinajstić information content (AvgIpc) is 2.83. The van der Waals surface area contributed by atoms with Crippen LogP contribution in [-0.2, 0) is 23.8 Å². The van der Waals surface area contributed by atoms with Crippen LogP contribution in [0.25, 0.3) is 0 Å². The van der Waals surface area contributed by atoms with Crippen LogP contribution in [0.1, 0.15) is 90.4 Å². The van der Waals surface area contributed by atoms with Gasteiger partial charge in [0, 0.05) is 72.3 Å². The second-order valence-corrected chi connectivity index (χ2v) is 7.83. The fourth-order valence-corrected chi connectivity index (χ4v) is 2.36. The summed E-state index contributed by atoms with van der Waals surface area (Å²) in [5.41, 5.74) is 0. The lowest BCUT2D eigenvalue weighted by Crippen LogP contribution is -2.01. The van der Waals surface area contributed by atoms with Gasteiger partial charge >= 0.3 is 11.9 Å². The number of ether oxygens (including phenoxy) is 3. The third-order valence-corrected chi connectivity index (χ3v) is 4.30. The van der Waals surface area contributed by atoms with Crippen molar-refractivity contribution in [3.8, 4) is 0 Å². The Bertz CT molecular complexity index is 372. The first kappa shape index (κ1) is 38.2. The normalized spacial score (nSPS) is 10.2. The highest BCUT2D eigenvalue weighted by Gasteiger charge is 1.99. The molecule has 10 nitrogen and oxygen atoms in total. The van der Waals surface area contributed by atoms with E-state index in [-0.39, 0.29) is 32.7 Å². The van der Waals surface area contributed by atoms with Crippen molar-refractivity contribution >= 4 is 11.9 Å². The number of aliphatic hydroxyl groups excluding tert-OH is 3. The zero-order chi connectivity index (χ0) is 26.8. The summed E-state index contributed by atoms with van der Waals surface area (Å²) in [5.74, 6) is -1.74. The van der Waals surface area contributed by atoms with Gasteiger partial charge in [-0.2, -0.15) is 0 Å². The van der Waals surface area contributed by atoms with Crippen LogP contribution in [0.5, 0.6) is 0 Å².